The maximum Gasteiger partial charge on any atom is 0.161 e. The molecule has 0 atom stereocenters. The minimum atomic E-state index is 0.400. The molecule has 6 aromatic carbocycles. The molecule has 0 aliphatic rings. The summed E-state index contributed by atoms with van der Waals surface area (Å²) in [6, 6.07) is 47.3. The number of rotatable bonds is 4. The molecule has 0 spiro atoms. The Morgan fingerprint density at radius 3 is 1.76 bits per heavy atom. The molecule has 4 heteroatoms. The van der Waals surface area contributed by atoms with Crippen LogP contribution in [-0.2, 0) is 0 Å². The van der Waals surface area contributed by atoms with Gasteiger partial charge in [0.25, 0.3) is 0 Å². The highest BCUT2D eigenvalue weighted by Gasteiger charge is 2.17. The van der Waals surface area contributed by atoms with E-state index in [1.165, 1.54) is 0 Å². The van der Waals surface area contributed by atoms with E-state index in [1.54, 1.807) is 6.07 Å². The second kappa shape index (κ2) is 10.4. The van der Waals surface area contributed by atoms with E-state index < -0.39 is 0 Å². The van der Waals surface area contributed by atoms with Gasteiger partial charge in [-0.2, -0.15) is 5.26 Å². The Hall–Kier alpha value is -5.30. The normalized spacial score (nSPS) is 11.0. The van der Waals surface area contributed by atoms with E-state index >= 15 is 0 Å². The van der Waals surface area contributed by atoms with Gasteiger partial charge in [-0.05, 0) is 45.8 Å². The van der Waals surface area contributed by atoms with Gasteiger partial charge in [0.05, 0.1) is 21.8 Å². The highest BCUT2D eigenvalue weighted by atomic mass is 35.5. The number of halogens is 1. The van der Waals surface area contributed by atoms with Gasteiger partial charge < -0.3 is 0 Å². The first-order chi connectivity index (χ1) is 20.2. The number of nitriles is 1. The lowest BCUT2D eigenvalue weighted by atomic mass is 9.97. The van der Waals surface area contributed by atoms with Gasteiger partial charge in [0, 0.05) is 21.9 Å². The van der Waals surface area contributed by atoms with Gasteiger partial charge in [0.1, 0.15) is 6.07 Å². The summed E-state index contributed by atoms with van der Waals surface area (Å²) in [5.41, 5.74) is 8.36. The minimum Gasteiger partial charge on any atom is -0.228 e. The van der Waals surface area contributed by atoms with Crippen LogP contribution in [0.1, 0.15) is 5.56 Å². The van der Waals surface area contributed by atoms with Gasteiger partial charge in [0.2, 0.25) is 0 Å². The van der Waals surface area contributed by atoms with Gasteiger partial charge in [-0.3, -0.25) is 0 Å². The van der Waals surface area contributed by atoms with Crippen LogP contribution in [0.2, 0.25) is 5.02 Å². The summed E-state index contributed by atoms with van der Waals surface area (Å²) in [5.74, 6) is 0.552. The Morgan fingerprint density at radius 2 is 1.07 bits per heavy atom. The molecule has 0 unspecified atom stereocenters. The van der Waals surface area contributed by atoms with Crippen molar-refractivity contribution in [3.8, 4) is 51.0 Å². The maximum atomic E-state index is 9.84. The molecule has 0 bridgehead atoms. The highest BCUT2D eigenvalue weighted by Crippen LogP contribution is 2.38. The Kier molecular flexibility index (Phi) is 6.24. The Labute approximate surface area is 243 Å². The number of hydrogen-bond acceptors (Lipinski definition) is 3. The fraction of sp³-hybridized carbons (Fsp3) is 0. The van der Waals surface area contributed by atoms with Crippen LogP contribution in [0.25, 0.3) is 66.6 Å². The quantitative estimate of drug-likeness (QED) is 0.222. The third-order valence-corrected chi connectivity index (χ3v) is 7.82. The van der Waals surface area contributed by atoms with E-state index in [2.05, 4.69) is 66.7 Å². The summed E-state index contributed by atoms with van der Waals surface area (Å²) in [4.78, 5) is 10.2. The largest absolute Gasteiger partial charge is 0.228 e. The lowest BCUT2D eigenvalue weighted by molar-refractivity contribution is 1.23. The van der Waals surface area contributed by atoms with Crippen LogP contribution in [0.5, 0.6) is 0 Å². The molecular weight excluding hydrogens is 522 g/mol. The van der Waals surface area contributed by atoms with Crippen molar-refractivity contribution in [2.75, 3.05) is 0 Å². The zero-order chi connectivity index (χ0) is 27.8. The summed E-state index contributed by atoms with van der Waals surface area (Å²) in [6.45, 7) is 0. The SMILES string of the molecule is N#Cc1cc(-c2nc(-c3ccc(-c4ccccc4)cc3)c3cc(-c4ccccc4)ccc3n2)c2ccccc2c1Cl. The van der Waals surface area contributed by atoms with Crippen molar-refractivity contribution >= 4 is 33.3 Å². The highest BCUT2D eigenvalue weighted by molar-refractivity contribution is 6.37. The van der Waals surface area contributed by atoms with Crippen molar-refractivity contribution < 1.29 is 0 Å². The van der Waals surface area contributed by atoms with Crippen molar-refractivity contribution in [1.82, 2.24) is 9.97 Å². The molecule has 1 aromatic heterocycles. The van der Waals surface area contributed by atoms with Crippen molar-refractivity contribution in [3.63, 3.8) is 0 Å². The summed E-state index contributed by atoms with van der Waals surface area (Å²) in [7, 11) is 0. The molecule has 0 aliphatic carbocycles. The first kappa shape index (κ1) is 24.7. The van der Waals surface area contributed by atoms with Crippen LogP contribution in [0.4, 0.5) is 0 Å². The third-order valence-electron chi connectivity index (χ3n) is 7.41. The molecule has 0 N–H and O–H groups in total. The van der Waals surface area contributed by atoms with Crippen LogP contribution in [-0.4, -0.2) is 9.97 Å². The monoisotopic (exact) mass is 543 g/mol. The molecule has 41 heavy (non-hydrogen) atoms. The van der Waals surface area contributed by atoms with Gasteiger partial charge in [-0.25, -0.2) is 9.97 Å². The van der Waals surface area contributed by atoms with E-state index in [9.17, 15) is 5.26 Å². The number of nitrogens with zero attached hydrogens (tertiary/aromatic N) is 3. The average Bonchev–Trinajstić information content (AvgIpc) is 3.05. The van der Waals surface area contributed by atoms with Crippen molar-refractivity contribution in [1.29, 1.82) is 5.26 Å². The lowest BCUT2D eigenvalue weighted by Crippen LogP contribution is -1.97. The van der Waals surface area contributed by atoms with Gasteiger partial charge in [0.15, 0.2) is 5.82 Å². The smallest absolute Gasteiger partial charge is 0.161 e. The molecule has 0 saturated carbocycles. The molecular formula is C37H22ClN3. The lowest BCUT2D eigenvalue weighted by Gasteiger charge is -2.14. The van der Waals surface area contributed by atoms with Crippen LogP contribution in [0.15, 0.2) is 133 Å². The van der Waals surface area contributed by atoms with Crippen LogP contribution < -0.4 is 0 Å². The van der Waals surface area contributed by atoms with E-state index in [1.807, 2.05) is 66.7 Å². The number of hydrogen-bond donors (Lipinski definition) is 0. The molecule has 7 aromatic rings. The first-order valence-electron chi connectivity index (χ1n) is 13.3. The third kappa shape index (κ3) is 4.51. The second-order valence-corrected chi connectivity index (χ2v) is 10.3. The van der Waals surface area contributed by atoms with Crippen molar-refractivity contribution in [2.24, 2.45) is 0 Å². The van der Waals surface area contributed by atoms with Crippen LogP contribution in [0, 0.1) is 11.3 Å². The van der Waals surface area contributed by atoms with Gasteiger partial charge in [-0.15, -0.1) is 0 Å². The average molecular weight is 544 g/mol. The molecule has 0 saturated heterocycles. The van der Waals surface area contributed by atoms with Crippen LogP contribution in [0.3, 0.4) is 0 Å². The zero-order valence-electron chi connectivity index (χ0n) is 21.9. The molecule has 3 nitrogen and oxygen atoms in total. The van der Waals surface area contributed by atoms with Gasteiger partial charge in [-0.1, -0.05) is 127 Å². The number of benzene rings is 6. The molecule has 7 rings (SSSR count). The maximum absolute atomic E-state index is 9.84. The molecule has 1 heterocycles. The van der Waals surface area contributed by atoms with Crippen molar-refractivity contribution in [3.05, 3.63) is 144 Å². The Bertz CT molecular complexity index is 2100. The molecule has 0 amide bonds. The molecule has 0 fully saturated rings. The fourth-order valence-electron chi connectivity index (χ4n) is 5.34. The summed E-state index contributed by atoms with van der Waals surface area (Å²) in [6.07, 6.45) is 0. The Morgan fingerprint density at radius 1 is 0.512 bits per heavy atom. The predicted molar refractivity (Wildman–Crippen MR) is 169 cm³/mol. The summed E-state index contributed by atoms with van der Waals surface area (Å²) < 4.78 is 0. The molecule has 0 radical (unpaired) electrons. The van der Waals surface area contributed by atoms with Gasteiger partial charge >= 0.3 is 0 Å². The van der Waals surface area contributed by atoms with E-state index in [-0.39, 0.29) is 0 Å². The van der Waals surface area contributed by atoms with E-state index in [4.69, 9.17) is 21.6 Å². The number of fused-ring (bicyclic) bond motifs is 2. The topological polar surface area (TPSA) is 49.6 Å². The zero-order valence-corrected chi connectivity index (χ0v) is 22.7. The van der Waals surface area contributed by atoms with E-state index in [0.29, 0.717) is 16.4 Å². The first-order valence-corrected chi connectivity index (χ1v) is 13.7. The fourth-order valence-corrected chi connectivity index (χ4v) is 5.60. The van der Waals surface area contributed by atoms with Crippen molar-refractivity contribution in [2.45, 2.75) is 0 Å². The standard InChI is InChI=1S/C37H22ClN3/c38-35-29(23-39)22-32(30-13-7-8-14-31(30)35)37-40-34-20-19-28(25-11-5-2-6-12-25)21-33(34)36(41-37)27-17-15-26(16-18-27)24-9-3-1-4-10-24/h1-22H. The summed E-state index contributed by atoms with van der Waals surface area (Å²) in [5, 5.41) is 12.9. The minimum absolute atomic E-state index is 0.400. The van der Waals surface area contributed by atoms with Crippen LogP contribution >= 0.6 is 11.6 Å². The Balaban J connectivity index is 1.48. The number of aromatic nitrogens is 2. The predicted octanol–water partition coefficient (Wildman–Crippen LogP) is 9.98. The molecule has 0 aliphatic heterocycles. The molecule has 192 valence electrons. The summed E-state index contributed by atoms with van der Waals surface area (Å²) >= 11 is 6.60. The second-order valence-electron chi connectivity index (χ2n) is 9.88. The van der Waals surface area contributed by atoms with E-state index in [0.717, 1.165) is 60.8 Å².